The molecule has 7 N–H and O–H groups in total. The first-order chi connectivity index (χ1) is 24.7. The first-order valence-electron chi connectivity index (χ1n) is 17.8. The first-order valence-corrected chi connectivity index (χ1v) is 20.7. The summed E-state index contributed by atoms with van der Waals surface area (Å²) in [7, 11) is 0. The van der Waals surface area contributed by atoms with Crippen molar-refractivity contribution in [3.05, 3.63) is 23.2 Å². The Morgan fingerprint density at radius 3 is 2.24 bits per heavy atom. The van der Waals surface area contributed by atoms with Crippen molar-refractivity contribution < 1.29 is 29.1 Å². The van der Waals surface area contributed by atoms with Gasteiger partial charge in [0.2, 0.25) is 17.7 Å². The minimum absolute atomic E-state index is 0.0452. The Kier molecular flexibility index (Phi) is 15.1. The van der Waals surface area contributed by atoms with E-state index < -0.39 is 12.0 Å². The van der Waals surface area contributed by atoms with Gasteiger partial charge in [0.15, 0.2) is 6.04 Å². The van der Waals surface area contributed by atoms with Gasteiger partial charge in [0, 0.05) is 54.9 Å². The number of aromatic nitrogens is 1. The molecule has 278 valence electrons. The van der Waals surface area contributed by atoms with Crippen LogP contribution < -0.4 is 31.9 Å². The maximum Gasteiger partial charge on any atom is 0.329 e. The minimum Gasteiger partial charge on any atom is -0.480 e. The summed E-state index contributed by atoms with van der Waals surface area (Å²) in [4.78, 5) is 68.1. The number of nitrogens with one attached hydrogen (secondary N) is 6. The van der Waals surface area contributed by atoms with Gasteiger partial charge in [-0.15, -0.1) is 23.1 Å². The summed E-state index contributed by atoms with van der Waals surface area (Å²) in [5.41, 5.74) is 1.60. The molecule has 3 aliphatic heterocycles. The van der Waals surface area contributed by atoms with Crippen LogP contribution in [0.25, 0.3) is 10.2 Å². The van der Waals surface area contributed by atoms with Crippen LogP contribution in [0, 0.1) is 0 Å². The van der Waals surface area contributed by atoms with Crippen molar-refractivity contribution in [3.63, 3.8) is 0 Å². The minimum atomic E-state index is -0.928. The van der Waals surface area contributed by atoms with Crippen molar-refractivity contribution in [2.24, 2.45) is 4.99 Å². The summed E-state index contributed by atoms with van der Waals surface area (Å²) in [5, 5.41) is 28.9. The van der Waals surface area contributed by atoms with E-state index in [1.54, 1.807) is 0 Å². The molecule has 17 heteroatoms. The van der Waals surface area contributed by atoms with Crippen molar-refractivity contribution in [3.8, 4) is 0 Å². The average Bonchev–Trinajstić information content (AvgIpc) is 3.91. The fourth-order valence-electron chi connectivity index (χ4n) is 6.14. The molecule has 2 unspecified atom stereocenters. The summed E-state index contributed by atoms with van der Waals surface area (Å²) in [6.07, 6.45) is 8.92. The molecule has 3 aliphatic rings. The zero-order chi connectivity index (χ0) is 36.0. The third-order valence-corrected chi connectivity index (χ3v) is 12.7. The van der Waals surface area contributed by atoms with E-state index in [4.69, 9.17) is 0 Å². The summed E-state index contributed by atoms with van der Waals surface area (Å²) in [5.74, 6) is 0.461. The van der Waals surface area contributed by atoms with Crippen LogP contribution in [0.3, 0.4) is 0 Å². The number of unbranched alkanes of at least 4 members (excludes halogenated alkanes) is 5. The number of carboxylic acid groups (broad SMARTS) is 1. The van der Waals surface area contributed by atoms with Crippen molar-refractivity contribution >= 4 is 85.5 Å². The van der Waals surface area contributed by atoms with E-state index >= 15 is 0 Å². The Bertz CT molecular complexity index is 1570. The van der Waals surface area contributed by atoms with Gasteiger partial charge >= 0.3 is 12.0 Å². The number of anilines is 1. The second kappa shape index (κ2) is 19.9. The Labute approximate surface area is 310 Å². The molecule has 14 nitrogen and oxygen atoms in total. The fourth-order valence-corrected chi connectivity index (χ4v) is 9.78. The number of thiazole rings is 1. The quantitative estimate of drug-likeness (QED) is 0.0688. The van der Waals surface area contributed by atoms with Gasteiger partial charge in [-0.1, -0.05) is 12.8 Å². The van der Waals surface area contributed by atoms with E-state index in [2.05, 4.69) is 41.9 Å². The van der Waals surface area contributed by atoms with Gasteiger partial charge in [0.1, 0.15) is 10.1 Å². The van der Waals surface area contributed by atoms with Crippen LogP contribution in [-0.2, 0) is 19.2 Å². The Balaban J connectivity index is 0.805. The number of rotatable bonds is 22. The van der Waals surface area contributed by atoms with Crippen LogP contribution in [0.4, 0.5) is 10.5 Å². The second-order valence-corrected chi connectivity index (χ2v) is 16.3. The number of aliphatic imine (C=N–C) groups is 1. The predicted molar refractivity (Wildman–Crippen MR) is 204 cm³/mol. The van der Waals surface area contributed by atoms with Gasteiger partial charge in [-0.25, -0.2) is 14.6 Å². The molecule has 0 spiro atoms. The van der Waals surface area contributed by atoms with E-state index in [1.165, 1.54) is 23.1 Å². The first kappa shape index (κ1) is 38.7. The topological polar surface area (TPSA) is 203 Å². The molecular weight excluding hydrogens is 713 g/mol. The third kappa shape index (κ3) is 12.3. The Morgan fingerprint density at radius 2 is 1.53 bits per heavy atom. The summed E-state index contributed by atoms with van der Waals surface area (Å²) in [6.45, 7) is 1.96. The Hall–Kier alpha value is -3.57. The molecule has 1 aromatic carbocycles. The van der Waals surface area contributed by atoms with E-state index in [1.807, 2.05) is 30.0 Å². The molecule has 0 aliphatic carbocycles. The van der Waals surface area contributed by atoms with Crippen molar-refractivity contribution in [1.82, 2.24) is 31.6 Å². The van der Waals surface area contributed by atoms with Gasteiger partial charge in [-0.3, -0.25) is 19.4 Å². The number of thioether (sulfide) groups is 2. The molecule has 0 bridgehead atoms. The van der Waals surface area contributed by atoms with E-state index in [0.29, 0.717) is 53.5 Å². The molecule has 5 rings (SSSR count). The standard InChI is InChI=1S/C34H48N8O6S3/c43-27(10-3-1-6-14-35-28(44)11-5-4-9-25-30-23(19-49-25)41-34(48)42-30)36-15-7-2-8-16-37-29(45)18-38-21-12-13-22-26(17-21)51-32(39-22)31-40-24(20-50-31)33(46)47/h12-13,17,23-25,30,38H,1-11,14-16,18-20H2,(H,35,44)(H,36,43)(H,37,45)(H,46,47)(H2,41,42,48)/t23?,24-,25+,30?/m1/s1. The summed E-state index contributed by atoms with van der Waals surface area (Å²) in [6, 6.07) is 5.33. The van der Waals surface area contributed by atoms with Crippen LogP contribution in [-0.4, -0.2) is 106 Å². The number of aliphatic carboxylic acids is 1. The molecule has 51 heavy (non-hydrogen) atoms. The highest BCUT2D eigenvalue weighted by Gasteiger charge is 2.42. The van der Waals surface area contributed by atoms with E-state index in [0.717, 1.165) is 79.4 Å². The molecule has 2 aromatic rings. The lowest BCUT2D eigenvalue weighted by atomic mass is 10.0. The normalized spacial score (nSPS) is 20.7. The zero-order valence-electron chi connectivity index (χ0n) is 28.7. The van der Waals surface area contributed by atoms with Gasteiger partial charge < -0.3 is 37.0 Å². The van der Waals surface area contributed by atoms with Gasteiger partial charge in [0.05, 0.1) is 28.8 Å². The summed E-state index contributed by atoms with van der Waals surface area (Å²) >= 11 is 4.76. The largest absolute Gasteiger partial charge is 0.480 e. The predicted octanol–water partition coefficient (Wildman–Crippen LogP) is 3.46. The van der Waals surface area contributed by atoms with Crippen LogP contribution >= 0.6 is 34.9 Å². The fraction of sp³-hybridized carbons (Fsp3) is 0.618. The van der Waals surface area contributed by atoms with Crippen molar-refractivity contribution in [2.75, 3.05) is 43.0 Å². The lowest BCUT2D eigenvalue weighted by Gasteiger charge is -2.16. The van der Waals surface area contributed by atoms with Crippen molar-refractivity contribution in [2.45, 2.75) is 94.0 Å². The molecule has 1 aromatic heterocycles. The second-order valence-electron chi connectivity index (χ2n) is 12.9. The van der Waals surface area contributed by atoms with Crippen LogP contribution in [0.1, 0.15) is 75.6 Å². The number of fused-ring (bicyclic) bond motifs is 2. The van der Waals surface area contributed by atoms with Crippen molar-refractivity contribution in [1.29, 1.82) is 0 Å². The summed E-state index contributed by atoms with van der Waals surface area (Å²) < 4.78 is 0.932. The van der Waals surface area contributed by atoms with Crippen LogP contribution in [0.15, 0.2) is 23.2 Å². The average molecular weight is 761 g/mol. The van der Waals surface area contributed by atoms with Crippen LogP contribution in [0.5, 0.6) is 0 Å². The highest BCUT2D eigenvalue weighted by atomic mass is 32.2. The SMILES string of the molecule is O=C(CCCCCNC(=O)CCCC[C@@H]1SCC2NC(=O)NC21)NCCCCCNC(=O)CNc1ccc2nc(C3=N[C@@H](C(=O)O)CS3)sc2c1. The number of carbonyl (C=O) groups excluding carboxylic acids is 4. The lowest BCUT2D eigenvalue weighted by Crippen LogP contribution is -2.36. The van der Waals surface area contributed by atoms with Gasteiger partial charge in [-0.05, 0) is 63.1 Å². The van der Waals surface area contributed by atoms with Gasteiger partial charge in [0.25, 0.3) is 0 Å². The maximum absolute atomic E-state index is 12.3. The zero-order valence-corrected chi connectivity index (χ0v) is 31.1. The molecule has 5 amide bonds. The molecule has 2 saturated heterocycles. The maximum atomic E-state index is 12.3. The number of benzene rings is 1. The molecule has 4 heterocycles. The number of amides is 5. The highest BCUT2D eigenvalue weighted by Crippen LogP contribution is 2.33. The highest BCUT2D eigenvalue weighted by molar-refractivity contribution is 8.15. The number of carbonyl (C=O) groups is 5. The van der Waals surface area contributed by atoms with E-state index in [-0.39, 0.29) is 42.4 Å². The molecular formula is C34H48N8O6S3. The van der Waals surface area contributed by atoms with Gasteiger partial charge in [-0.2, -0.15) is 11.8 Å². The third-order valence-electron chi connectivity index (χ3n) is 8.94. The molecule has 2 fully saturated rings. The number of urea groups is 1. The Morgan fingerprint density at radius 1 is 0.843 bits per heavy atom. The molecule has 4 atom stereocenters. The number of carboxylic acids is 1. The molecule has 0 saturated carbocycles. The monoisotopic (exact) mass is 760 g/mol. The van der Waals surface area contributed by atoms with Crippen LogP contribution in [0.2, 0.25) is 0 Å². The van der Waals surface area contributed by atoms with E-state index in [9.17, 15) is 29.1 Å². The lowest BCUT2D eigenvalue weighted by molar-refractivity contribution is -0.137. The number of nitrogens with zero attached hydrogens (tertiary/aromatic N) is 2. The smallest absolute Gasteiger partial charge is 0.329 e. The number of hydrogen-bond acceptors (Lipinski definition) is 11. The molecule has 0 radical (unpaired) electrons. The number of hydrogen-bond donors (Lipinski definition) is 7.